The molecule has 14 aromatic rings. The van der Waals surface area contributed by atoms with Crippen molar-refractivity contribution in [3.05, 3.63) is 301 Å². The van der Waals surface area contributed by atoms with E-state index in [2.05, 4.69) is 289 Å². The molecule has 0 radical (unpaired) electrons. The molecule has 0 fully saturated rings. The van der Waals surface area contributed by atoms with Crippen LogP contribution in [0, 0.1) is 0 Å². The Bertz CT molecular complexity index is 4560. The number of rotatable bonds is 6. The predicted molar refractivity (Wildman–Crippen MR) is 315 cm³/mol. The Balaban J connectivity index is 0.849. The van der Waals surface area contributed by atoms with Crippen LogP contribution in [0.15, 0.2) is 279 Å². The highest BCUT2D eigenvalue weighted by atomic mass is 15.1. The molecule has 75 heavy (non-hydrogen) atoms. The lowest BCUT2D eigenvalue weighted by Crippen LogP contribution is -2.26. The monoisotopic (exact) mass is 950 g/mol. The molecule has 2 aliphatic rings. The van der Waals surface area contributed by atoms with Gasteiger partial charge in [-0.05, 0) is 154 Å². The molecule has 348 valence electrons. The average Bonchev–Trinajstić information content (AvgIpc) is 4.18. The molecule has 2 aliphatic carbocycles. The highest BCUT2D eigenvalue weighted by molar-refractivity contribution is 6.26. The second-order valence-electron chi connectivity index (χ2n) is 20.3. The molecule has 0 amide bonds. The number of anilines is 3. The van der Waals surface area contributed by atoms with E-state index >= 15 is 0 Å². The zero-order chi connectivity index (χ0) is 49.2. The standard InChI is InChI=1S/C73H46N2/c1-2-17-51(18-3-1)75-69-31-15-11-25-61(69)64-45-50(39-44-70(64)75)49-35-33-47(34-36-49)48-37-40-52(41-38-48)74(53-42-43-58-56-21-5-4-19-54(56)55-20-6-7-22-57(55)63(58)46-53)71-32-16-30-68-72(71)62-26-10-14-29-67(62)73(68)65-27-12-8-23-59(65)60-24-9-13-28-66(60)73/h1-46H. The van der Waals surface area contributed by atoms with Gasteiger partial charge in [0.1, 0.15) is 0 Å². The van der Waals surface area contributed by atoms with Crippen molar-refractivity contribution in [2.24, 2.45) is 0 Å². The van der Waals surface area contributed by atoms with Gasteiger partial charge in [0.15, 0.2) is 0 Å². The highest BCUT2D eigenvalue weighted by Crippen LogP contribution is 2.64. The van der Waals surface area contributed by atoms with Crippen LogP contribution in [0.3, 0.4) is 0 Å². The molecule has 1 aromatic heterocycles. The third kappa shape index (κ3) is 5.97. The molecule has 2 heteroatoms. The Morgan fingerprint density at radius 3 is 1.37 bits per heavy atom. The SMILES string of the molecule is c1ccc(-n2c3ccccc3c3cc(-c4ccc(-c5ccc(N(c6ccc7c8ccccc8c8ccccc8c7c6)c6cccc7c6-c6ccccc6C76c7ccccc7-c7ccccc76)cc5)cc4)ccc32)cc1. The van der Waals surface area contributed by atoms with E-state index in [1.807, 2.05) is 0 Å². The van der Waals surface area contributed by atoms with Crippen molar-refractivity contribution in [2.75, 3.05) is 4.90 Å². The number of hydrogen-bond donors (Lipinski definition) is 0. The third-order valence-corrected chi connectivity index (χ3v) is 16.6. The van der Waals surface area contributed by atoms with E-state index < -0.39 is 5.41 Å². The van der Waals surface area contributed by atoms with Gasteiger partial charge in [0.2, 0.25) is 0 Å². The van der Waals surface area contributed by atoms with Gasteiger partial charge in [-0.2, -0.15) is 0 Å². The fourth-order valence-electron chi connectivity index (χ4n) is 13.4. The minimum atomic E-state index is -0.456. The van der Waals surface area contributed by atoms with Crippen LogP contribution < -0.4 is 4.90 Å². The Kier molecular flexibility index (Phi) is 8.99. The zero-order valence-corrected chi connectivity index (χ0v) is 41.0. The van der Waals surface area contributed by atoms with Gasteiger partial charge >= 0.3 is 0 Å². The third-order valence-electron chi connectivity index (χ3n) is 16.6. The molecule has 0 N–H and O–H groups in total. The first-order valence-electron chi connectivity index (χ1n) is 26.1. The summed E-state index contributed by atoms with van der Waals surface area (Å²) in [6, 6.07) is 104. The predicted octanol–water partition coefficient (Wildman–Crippen LogP) is 19.4. The van der Waals surface area contributed by atoms with Crippen molar-refractivity contribution in [1.82, 2.24) is 4.57 Å². The number of para-hydroxylation sites is 2. The summed E-state index contributed by atoms with van der Waals surface area (Å²) in [4.78, 5) is 2.52. The number of nitrogens with zero attached hydrogens (tertiary/aromatic N) is 2. The van der Waals surface area contributed by atoms with Crippen molar-refractivity contribution >= 4 is 71.2 Å². The Labute approximate surface area is 435 Å². The van der Waals surface area contributed by atoms with Gasteiger partial charge in [-0.1, -0.05) is 218 Å². The largest absolute Gasteiger partial charge is 0.310 e. The summed E-state index contributed by atoms with van der Waals surface area (Å²) in [6.07, 6.45) is 0. The van der Waals surface area contributed by atoms with E-state index in [-0.39, 0.29) is 0 Å². The van der Waals surface area contributed by atoms with Gasteiger partial charge in [0.05, 0.1) is 22.1 Å². The minimum absolute atomic E-state index is 0.456. The first-order valence-corrected chi connectivity index (χ1v) is 26.1. The summed E-state index contributed by atoms with van der Waals surface area (Å²) in [5.41, 5.74) is 21.8. The molecule has 1 heterocycles. The summed E-state index contributed by atoms with van der Waals surface area (Å²) in [5.74, 6) is 0. The van der Waals surface area contributed by atoms with Crippen LogP contribution in [0.5, 0.6) is 0 Å². The minimum Gasteiger partial charge on any atom is -0.310 e. The first kappa shape index (κ1) is 41.8. The maximum Gasteiger partial charge on any atom is 0.0726 e. The topological polar surface area (TPSA) is 8.17 Å². The Hall–Kier alpha value is -9.76. The first-order chi connectivity index (χ1) is 37.2. The van der Waals surface area contributed by atoms with E-state index in [0.29, 0.717) is 0 Å². The van der Waals surface area contributed by atoms with E-state index in [1.165, 1.54) is 127 Å². The molecule has 0 saturated carbocycles. The van der Waals surface area contributed by atoms with Gasteiger partial charge < -0.3 is 9.47 Å². The Morgan fingerprint density at radius 2 is 0.720 bits per heavy atom. The maximum atomic E-state index is 2.52. The van der Waals surface area contributed by atoms with E-state index in [4.69, 9.17) is 0 Å². The molecule has 0 bridgehead atoms. The highest BCUT2D eigenvalue weighted by Gasteiger charge is 2.52. The quantitative estimate of drug-likeness (QED) is 0.151. The van der Waals surface area contributed by atoms with Gasteiger partial charge in [-0.25, -0.2) is 0 Å². The van der Waals surface area contributed by atoms with E-state index in [0.717, 1.165) is 17.1 Å². The summed E-state index contributed by atoms with van der Waals surface area (Å²) >= 11 is 0. The van der Waals surface area contributed by atoms with E-state index in [9.17, 15) is 0 Å². The molecule has 0 aliphatic heterocycles. The van der Waals surface area contributed by atoms with Gasteiger partial charge in [-0.3, -0.25) is 0 Å². The lowest BCUT2D eigenvalue weighted by atomic mass is 9.70. The lowest BCUT2D eigenvalue weighted by Gasteiger charge is -2.32. The van der Waals surface area contributed by atoms with Crippen molar-refractivity contribution in [1.29, 1.82) is 0 Å². The molecule has 0 atom stereocenters. The van der Waals surface area contributed by atoms with Crippen molar-refractivity contribution in [2.45, 2.75) is 5.41 Å². The average molecular weight is 951 g/mol. The number of benzene rings is 13. The normalized spacial score (nSPS) is 12.9. The van der Waals surface area contributed by atoms with Crippen LogP contribution in [0.2, 0.25) is 0 Å². The summed E-state index contributed by atoms with van der Waals surface area (Å²) in [5, 5.41) is 10.1. The van der Waals surface area contributed by atoms with Crippen LogP contribution in [0.4, 0.5) is 17.1 Å². The smallest absolute Gasteiger partial charge is 0.0726 e. The maximum absolute atomic E-state index is 2.52. The second kappa shape index (κ2) is 16.1. The van der Waals surface area contributed by atoms with Crippen molar-refractivity contribution in [3.8, 4) is 50.2 Å². The van der Waals surface area contributed by atoms with Crippen LogP contribution in [-0.4, -0.2) is 4.57 Å². The number of hydrogen-bond acceptors (Lipinski definition) is 1. The molecule has 16 rings (SSSR count). The molecule has 13 aromatic carbocycles. The molecular weight excluding hydrogens is 905 g/mol. The molecule has 0 saturated heterocycles. The van der Waals surface area contributed by atoms with Crippen LogP contribution in [0.25, 0.3) is 104 Å². The molecule has 2 nitrogen and oxygen atoms in total. The second-order valence-corrected chi connectivity index (χ2v) is 20.3. The van der Waals surface area contributed by atoms with Crippen LogP contribution in [0.1, 0.15) is 22.3 Å². The summed E-state index contributed by atoms with van der Waals surface area (Å²) < 4.78 is 2.38. The van der Waals surface area contributed by atoms with Crippen molar-refractivity contribution in [3.63, 3.8) is 0 Å². The summed E-state index contributed by atoms with van der Waals surface area (Å²) in [6.45, 7) is 0. The zero-order valence-electron chi connectivity index (χ0n) is 41.0. The Morgan fingerprint density at radius 1 is 0.267 bits per heavy atom. The van der Waals surface area contributed by atoms with Crippen molar-refractivity contribution < 1.29 is 0 Å². The van der Waals surface area contributed by atoms with E-state index in [1.54, 1.807) is 0 Å². The van der Waals surface area contributed by atoms with Gasteiger partial charge in [-0.15, -0.1) is 0 Å². The molecular formula is C73H46N2. The lowest BCUT2D eigenvalue weighted by molar-refractivity contribution is 0.794. The van der Waals surface area contributed by atoms with Gasteiger partial charge in [0.25, 0.3) is 0 Å². The van der Waals surface area contributed by atoms with Gasteiger partial charge in [0, 0.05) is 33.4 Å². The fourth-order valence-corrected chi connectivity index (χ4v) is 13.4. The van der Waals surface area contributed by atoms with Crippen LogP contribution >= 0.6 is 0 Å². The molecule has 1 spiro atoms. The summed E-state index contributed by atoms with van der Waals surface area (Å²) in [7, 11) is 0. The molecule has 0 unspecified atom stereocenters. The number of aromatic nitrogens is 1. The van der Waals surface area contributed by atoms with Crippen LogP contribution in [-0.2, 0) is 5.41 Å². The number of fused-ring (bicyclic) bond motifs is 19. The fraction of sp³-hybridized carbons (Fsp3) is 0.0137.